The molecule has 236 valence electrons. The Morgan fingerprint density at radius 1 is 0.956 bits per heavy atom. The molecular weight excluding hydrogens is 587 g/mol. The number of nitrogens with zero attached hydrogens (tertiary/aromatic N) is 7. The van der Waals surface area contributed by atoms with Gasteiger partial charge >= 0.3 is 12.2 Å². The first-order valence-electron chi connectivity index (χ1n) is 15.1. The summed E-state index contributed by atoms with van der Waals surface area (Å²) in [5.41, 5.74) is 3.05. The van der Waals surface area contributed by atoms with E-state index in [1.54, 1.807) is 24.3 Å². The summed E-state index contributed by atoms with van der Waals surface area (Å²) in [4.78, 5) is 28.8. The second kappa shape index (κ2) is 11.8. The molecule has 0 radical (unpaired) electrons. The van der Waals surface area contributed by atoms with Gasteiger partial charge in [-0.1, -0.05) is 0 Å². The summed E-state index contributed by atoms with van der Waals surface area (Å²) in [6, 6.07) is 14.4. The summed E-state index contributed by atoms with van der Waals surface area (Å²) in [7, 11) is 2.12. The van der Waals surface area contributed by atoms with Gasteiger partial charge in [0.15, 0.2) is 11.5 Å². The Balaban J connectivity index is 1.08. The van der Waals surface area contributed by atoms with E-state index in [0.717, 1.165) is 49.4 Å². The number of morpholine rings is 1. The number of piperidine rings is 1. The molecule has 2 N–H and O–H groups in total. The molecule has 6 heterocycles. The minimum absolute atomic E-state index is 0.0556. The molecule has 8 rings (SSSR count). The van der Waals surface area contributed by atoms with Crippen molar-refractivity contribution in [1.29, 1.82) is 0 Å². The van der Waals surface area contributed by atoms with E-state index in [9.17, 15) is 18.0 Å². The maximum Gasteiger partial charge on any atom is 0.408 e. The highest BCUT2D eigenvalue weighted by Gasteiger charge is 2.37. The molecule has 0 aliphatic carbocycles. The Labute approximate surface area is 258 Å². The highest BCUT2D eigenvalue weighted by molar-refractivity contribution is 6.00. The lowest BCUT2D eigenvalue weighted by atomic mass is 9.97. The van der Waals surface area contributed by atoms with Gasteiger partial charge in [-0.3, -0.25) is 0 Å². The summed E-state index contributed by atoms with van der Waals surface area (Å²) in [6.45, 7) is 3.86. The van der Waals surface area contributed by atoms with E-state index in [-0.39, 0.29) is 23.6 Å². The average molecular weight is 622 g/mol. The van der Waals surface area contributed by atoms with Crippen molar-refractivity contribution in [2.75, 3.05) is 66.8 Å². The number of benzene rings is 2. The fourth-order valence-corrected chi connectivity index (χ4v) is 6.20. The van der Waals surface area contributed by atoms with Crippen molar-refractivity contribution in [3.63, 3.8) is 0 Å². The zero-order chi connectivity index (χ0) is 31.1. The standard InChI is InChI=1S/C31H34F3N9O2/c1-40-12-14-41(15-13-40)23-8-6-22(7-9-23)37-30(44)36-21-4-2-20(3-5-21)27-38-28(42-17-25-11-10-24(42)18-45-25)26-16-35-43(29(26)39-27)19-31(32,33)34/h2-9,16,24-25H,10-15,17-19H2,1H3,(H2,36,37,44). The molecule has 2 amide bonds. The molecule has 4 saturated heterocycles. The summed E-state index contributed by atoms with van der Waals surface area (Å²) in [5.74, 6) is 0.835. The number of hydrogen-bond donors (Lipinski definition) is 2. The molecule has 4 fully saturated rings. The zero-order valence-electron chi connectivity index (χ0n) is 24.8. The van der Waals surface area contributed by atoms with Gasteiger partial charge < -0.3 is 30.1 Å². The third-order valence-electron chi connectivity index (χ3n) is 8.66. The smallest absolute Gasteiger partial charge is 0.374 e. The Bertz CT molecular complexity index is 1660. The van der Waals surface area contributed by atoms with Crippen LogP contribution in [0.4, 0.5) is 40.8 Å². The van der Waals surface area contributed by atoms with E-state index < -0.39 is 18.8 Å². The van der Waals surface area contributed by atoms with Gasteiger partial charge in [-0.25, -0.2) is 19.4 Å². The van der Waals surface area contributed by atoms with Crippen molar-refractivity contribution >= 4 is 39.9 Å². The van der Waals surface area contributed by atoms with Gasteiger partial charge in [-0.2, -0.15) is 18.3 Å². The predicted molar refractivity (Wildman–Crippen MR) is 166 cm³/mol. The fourth-order valence-electron chi connectivity index (χ4n) is 6.20. The number of ether oxygens (including phenoxy) is 1. The molecule has 2 bridgehead atoms. The molecule has 2 atom stereocenters. The number of aromatic nitrogens is 4. The van der Waals surface area contributed by atoms with Crippen LogP contribution in [0.3, 0.4) is 0 Å². The van der Waals surface area contributed by atoms with Crippen molar-refractivity contribution < 1.29 is 22.7 Å². The molecule has 2 aromatic heterocycles. The largest absolute Gasteiger partial charge is 0.408 e. The monoisotopic (exact) mass is 621 g/mol. The van der Waals surface area contributed by atoms with Crippen LogP contribution in [0, 0.1) is 0 Å². The summed E-state index contributed by atoms with van der Waals surface area (Å²) >= 11 is 0. The van der Waals surface area contributed by atoms with Crippen molar-refractivity contribution in [2.24, 2.45) is 0 Å². The van der Waals surface area contributed by atoms with Gasteiger partial charge in [-0.05, 0) is 68.4 Å². The molecule has 0 spiro atoms. The fraction of sp³-hybridized carbons (Fsp3) is 0.419. The Kier molecular flexibility index (Phi) is 7.69. The van der Waals surface area contributed by atoms with Gasteiger partial charge in [-0.15, -0.1) is 0 Å². The van der Waals surface area contributed by atoms with Crippen LogP contribution in [-0.2, 0) is 11.3 Å². The number of halogens is 3. The van der Waals surface area contributed by atoms with Crippen LogP contribution < -0.4 is 20.4 Å². The van der Waals surface area contributed by atoms with Gasteiger partial charge in [0.2, 0.25) is 0 Å². The minimum atomic E-state index is -4.46. The van der Waals surface area contributed by atoms with Crippen LogP contribution in [0.2, 0.25) is 0 Å². The number of fused-ring (bicyclic) bond motifs is 4. The highest BCUT2D eigenvalue weighted by Crippen LogP contribution is 2.36. The molecule has 4 aliphatic rings. The maximum absolute atomic E-state index is 13.4. The van der Waals surface area contributed by atoms with Crippen LogP contribution >= 0.6 is 0 Å². The quantitative estimate of drug-likeness (QED) is 0.316. The number of amides is 2. The van der Waals surface area contributed by atoms with Crippen molar-refractivity contribution in [2.45, 2.75) is 37.7 Å². The molecule has 14 heteroatoms. The SMILES string of the molecule is CN1CCN(c2ccc(NC(=O)Nc3ccc(-c4nc(N5CC6CCC5CO6)c5cnn(CC(F)(F)F)c5n4)cc3)cc2)CC1. The Morgan fingerprint density at radius 2 is 1.64 bits per heavy atom. The molecule has 4 aliphatic heterocycles. The lowest BCUT2D eigenvalue weighted by Crippen LogP contribution is -2.55. The van der Waals surface area contributed by atoms with Gasteiger partial charge in [0.1, 0.15) is 12.4 Å². The number of carbonyl (C=O) groups is 1. The summed E-state index contributed by atoms with van der Waals surface area (Å²) in [6.07, 6.45) is -1.12. The van der Waals surface area contributed by atoms with Crippen molar-refractivity contribution in [3.05, 3.63) is 54.7 Å². The van der Waals surface area contributed by atoms with E-state index in [1.165, 1.54) is 6.20 Å². The number of rotatable bonds is 6. The van der Waals surface area contributed by atoms with Gasteiger partial charge in [0.05, 0.1) is 30.3 Å². The van der Waals surface area contributed by atoms with Crippen molar-refractivity contribution in [1.82, 2.24) is 24.6 Å². The van der Waals surface area contributed by atoms with E-state index in [4.69, 9.17) is 9.72 Å². The first-order chi connectivity index (χ1) is 21.7. The van der Waals surface area contributed by atoms with Gasteiger partial charge in [0.25, 0.3) is 0 Å². The Hall–Kier alpha value is -4.43. The molecule has 0 saturated carbocycles. The molecule has 4 aromatic rings. The number of piperazine rings is 1. The topological polar surface area (TPSA) is 104 Å². The first-order valence-corrected chi connectivity index (χ1v) is 15.1. The maximum atomic E-state index is 13.4. The number of alkyl halides is 3. The molecule has 45 heavy (non-hydrogen) atoms. The van der Waals surface area contributed by atoms with E-state index in [0.29, 0.717) is 41.3 Å². The number of nitrogens with one attached hydrogen (secondary N) is 2. The van der Waals surface area contributed by atoms with Gasteiger partial charge in [0, 0.05) is 55.3 Å². The van der Waals surface area contributed by atoms with E-state index in [1.807, 2.05) is 24.3 Å². The molecule has 11 nitrogen and oxygen atoms in total. The van der Waals surface area contributed by atoms with Crippen LogP contribution in [0.1, 0.15) is 12.8 Å². The van der Waals surface area contributed by atoms with E-state index in [2.05, 4.69) is 42.5 Å². The van der Waals surface area contributed by atoms with Crippen LogP contribution in [0.5, 0.6) is 0 Å². The normalized spacial score (nSPS) is 20.5. The van der Waals surface area contributed by atoms with Crippen molar-refractivity contribution in [3.8, 4) is 11.4 Å². The molecule has 2 unspecified atom stereocenters. The molecule has 2 aromatic carbocycles. The summed E-state index contributed by atoms with van der Waals surface area (Å²) in [5, 5.41) is 10.2. The Morgan fingerprint density at radius 3 is 2.24 bits per heavy atom. The third-order valence-corrected chi connectivity index (χ3v) is 8.66. The number of carbonyl (C=O) groups excluding carboxylic acids is 1. The second-order valence-electron chi connectivity index (χ2n) is 11.9. The highest BCUT2D eigenvalue weighted by atomic mass is 19.4. The first kappa shape index (κ1) is 29.3. The minimum Gasteiger partial charge on any atom is -0.374 e. The van der Waals surface area contributed by atoms with Crippen LogP contribution in [0.25, 0.3) is 22.4 Å². The summed E-state index contributed by atoms with van der Waals surface area (Å²) < 4.78 is 46.8. The average Bonchev–Trinajstić information content (AvgIpc) is 3.43. The second-order valence-corrected chi connectivity index (χ2v) is 11.9. The predicted octanol–water partition coefficient (Wildman–Crippen LogP) is 4.82. The lowest BCUT2D eigenvalue weighted by molar-refractivity contribution is -0.141. The number of hydrogen-bond acceptors (Lipinski definition) is 8. The van der Waals surface area contributed by atoms with Crippen LogP contribution in [-0.4, -0.2) is 95.4 Å². The lowest BCUT2D eigenvalue weighted by Gasteiger charge is -2.45. The number of likely N-dealkylation sites (N-methyl/N-ethyl adjacent to an activating group) is 1. The number of anilines is 4. The van der Waals surface area contributed by atoms with Crippen LogP contribution in [0.15, 0.2) is 54.7 Å². The third kappa shape index (κ3) is 6.38. The molecular formula is C31H34F3N9O2. The number of urea groups is 1. The zero-order valence-corrected chi connectivity index (χ0v) is 24.8. The van der Waals surface area contributed by atoms with E-state index >= 15 is 0 Å².